The highest BCUT2D eigenvalue weighted by molar-refractivity contribution is 7.90. The fourth-order valence-corrected chi connectivity index (χ4v) is 7.51. The summed E-state index contributed by atoms with van der Waals surface area (Å²) in [5.41, 5.74) is -2.72. The molecule has 5 rings (SSSR count). The average Bonchev–Trinajstić information content (AvgIpc) is 3.59. The molecular formula is C36H45ClF3N5O7S. The van der Waals surface area contributed by atoms with E-state index in [0.29, 0.717) is 24.8 Å². The number of hydrogen-bond acceptors (Lipinski definition) is 9. The number of alkyl halides is 3. The predicted octanol–water partition coefficient (Wildman–Crippen LogP) is 7.74. The molecule has 17 heteroatoms. The molecule has 0 radical (unpaired) electrons. The maximum atomic E-state index is 13.1. The van der Waals surface area contributed by atoms with E-state index < -0.39 is 33.1 Å². The molecule has 53 heavy (non-hydrogen) atoms. The molecule has 1 saturated heterocycles. The Balaban J connectivity index is 1.06. The van der Waals surface area contributed by atoms with Crippen LogP contribution < -0.4 is 14.2 Å². The molecule has 1 atom stereocenters. The molecule has 2 aliphatic rings. The van der Waals surface area contributed by atoms with Crippen molar-refractivity contribution in [2.24, 2.45) is 11.3 Å². The van der Waals surface area contributed by atoms with E-state index in [2.05, 4.69) is 23.9 Å². The van der Waals surface area contributed by atoms with E-state index in [1.54, 1.807) is 0 Å². The number of benzene rings is 1. The number of nitrogens with one attached hydrogen (secondary N) is 1. The second-order valence-electron chi connectivity index (χ2n) is 15.2. The Labute approximate surface area is 312 Å². The van der Waals surface area contributed by atoms with Gasteiger partial charge >= 0.3 is 12.3 Å². The highest BCUT2D eigenvalue weighted by atomic mass is 35.5. The Hall–Kier alpha value is -4.05. The second kappa shape index (κ2) is 15.4. The standard InChI is InChI=1S/C36H45ClF3N5O7S/c1-33(2,3)52-32(47)44-23-24(22-34(44,4)5)8-6-7-20-50-25-9-11-26(12-10-25)53(48,49)43-31(46)27-13-14-28(41-30(27)37)45-19-15-29(42-45)51-21-18-35(16-17-35)36(38,39)40/h9-15,19,24H,6-8,16-18,20-23H2,1-5H3,(H,43,46). The van der Waals surface area contributed by atoms with Crippen molar-refractivity contribution in [3.8, 4) is 17.4 Å². The number of unbranched alkanes of at least 4 members (excludes halogenated alkanes) is 1. The number of sulfonamides is 1. The molecule has 2 amide bonds. The molecular weight excluding hydrogens is 739 g/mol. The summed E-state index contributed by atoms with van der Waals surface area (Å²) in [5.74, 6) is 0.0771. The van der Waals surface area contributed by atoms with E-state index in [9.17, 15) is 31.2 Å². The fraction of sp³-hybridized carbons (Fsp3) is 0.556. The third-order valence-electron chi connectivity index (χ3n) is 9.37. The Bertz CT molecular complexity index is 1890. The zero-order valence-electron chi connectivity index (χ0n) is 30.3. The number of hydrogen-bond donors (Lipinski definition) is 1. The van der Waals surface area contributed by atoms with Crippen LogP contribution in [0, 0.1) is 11.3 Å². The monoisotopic (exact) mass is 783 g/mol. The van der Waals surface area contributed by atoms with Gasteiger partial charge in [0.2, 0.25) is 5.88 Å². The smallest absolute Gasteiger partial charge is 0.410 e. The quantitative estimate of drug-likeness (QED) is 0.128. The Kier molecular flexibility index (Phi) is 11.6. The first-order chi connectivity index (χ1) is 24.7. The average molecular weight is 784 g/mol. The van der Waals surface area contributed by atoms with Gasteiger partial charge in [-0.1, -0.05) is 11.6 Å². The molecule has 2 fully saturated rings. The summed E-state index contributed by atoms with van der Waals surface area (Å²) in [5, 5.41) is 3.84. The van der Waals surface area contributed by atoms with Gasteiger partial charge in [-0.15, -0.1) is 5.10 Å². The summed E-state index contributed by atoms with van der Waals surface area (Å²) >= 11 is 6.24. The number of aromatic nitrogens is 3. The molecule has 1 aliphatic carbocycles. The number of carbonyl (C=O) groups is 2. The van der Waals surface area contributed by atoms with Crippen molar-refractivity contribution in [2.75, 3.05) is 19.8 Å². The molecule has 2 aromatic heterocycles. The van der Waals surface area contributed by atoms with E-state index in [0.717, 1.165) is 25.7 Å². The zero-order valence-corrected chi connectivity index (χ0v) is 31.9. The van der Waals surface area contributed by atoms with Gasteiger partial charge < -0.3 is 19.1 Å². The molecule has 3 aromatic rings. The van der Waals surface area contributed by atoms with Crippen molar-refractivity contribution >= 4 is 33.6 Å². The van der Waals surface area contributed by atoms with Gasteiger partial charge in [0.25, 0.3) is 15.9 Å². The van der Waals surface area contributed by atoms with Crippen LogP contribution in [0.1, 0.15) is 89.9 Å². The lowest BCUT2D eigenvalue weighted by atomic mass is 9.93. The zero-order chi connectivity index (χ0) is 38.8. The molecule has 1 N–H and O–H groups in total. The lowest BCUT2D eigenvalue weighted by Crippen LogP contribution is -2.45. The van der Waals surface area contributed by atoms with Crippen LogP contribution in [0.15, 0.2) is 53.6 Å². The minimum absolute atomic E-state index is 0.0846. The Morgan fingerprint density at radius 2 is 1.70 bits per heavy atom. The largest absolute Gasteiger partial charge is 0.494 e. The van der Waals surface area contributed by atoms with Crippen LogP contribution in [0.2, 0.25) is 5.15 Å². The van der Waals surface area contributed by atoms with Gasteiger partial charge in [0.15, 0.2) is 5.82 Å². The van der Waals surface area contributed by atoms with E-state index in [-0.39, 0.29) is 64.8 Å². The number of nitrogens with zero attached hydrogens (tertiary/aromatic N) is 4. The Morgan fingerprint density at radius 1 is 1.00 bits per heavy atom. The van der Waals surface area contributed by atoms with Crippen molar-refractivity contribution in [3.05, 3.63) is 59.4 Å². The van der Waals surface area contributed by atoms with Gasteiger partial charge in [0.05, 0.1) is 29.1 Å². The molecule has 3 heterocycles. The van der Waals surface area contributed by atoms with Crippen molar-refractivity contribution in [1.82, 2.24) is 24.4 Å². The SMILES string of the molecule is CC(C)(C)OC(=O)N1CC(CCCCOc2ccc(S(=O)(=O)NC(=O)c3ccc(-n4ccc(OCCC5(C(F)(F)F)CC5)n4)nc3Cl)cc2)CC1(C)C. The fourth-order valence-electron chi connectivity index (χ4n) is 6.31. The van der Waals surface area contributed by atoms with E-state index in [1.165, 1.54) is 53.3 Å². The minimum Gasteiger partial charge on any atom is -0.494 e. The van der Waals surface area contributed by atoms with Crippen LogP contribution >= 0.6 is 11.6 Å². The van der Waals surface area contributed by atoms with Crippen molar-refractivity contribution in [1.29, 1.82) is 0 Å². The summed E-state index contributed by atoms with van der Waals surface area (Å²) in [4.78, 5) is 31.3. The number of amides is 2. The highest BCUT2D eigenvalue weighted by Crippen LogP contribution is 2.59. The molecule has 0 spiro atoms. The summed E-state index contributed by atoms with van der Waals surface area (Å²) in [6.07, 6.45) is 0.386. The minimum atomic E-state index is -4.28. The van der Waals surface area contributed by atoms with Crippen LogP contribution in [0.25, 0.3) is 5.82 Å². The lowest BCUT2D eigenvalue weighted by Gasteiger charge is -2.33. The topological polar surface area (TPSA) is 142 Å². The van der Waals surface area contributed by atoms with Gasteiger partial charge in [-0.25, -0.2) is 27.6 Å². The van der Waals surface area contributed by atoms with Gasteiger partial charge in [-0.05, 0) is 122 Å². The van der Waals surface area contributed by atoms with Gasteiger partial charge in [-0.3, -0.25) is 4.79 Å². The summed E-state index contributed by atoms with van der Waals surface area (Å²) < 4.78 is 85.5. The normalized spacial score (nSPS) is 18.1. The van der Waals surface area contributed by atoms with Crippen molar-refractivity contribution in [2.45, 2.75) is 102 Å². The van der Waals surface area contributed by atoms with Gasteiger partial charge in [-0.2, -0.15) is 13.2 Å². The van der Waals surface area contributed by atoms with Crippen LogP contribution in [0.4, 0.5) is 18.0 Å². The number of pyridine rings is 1. The van der Waals surface area contributed by atoms with Crippen LogP contribution in [0.3, 0.4) is 0 Å². The molecule has 1 saturated carbocycles. The molecule has 1 unspecified atom stereocenters. The third kappa shape index (κ3) is 10.1. The molecule has 1 aromatic carbocycles. The van der Waals surface area contributed by atoms with Gasteiger partial charge in [0, 0.05) is 24.3 Å². The maximum absolute atomic E-state index is 13.1. The van der Waals surface area contributed by atoms with Crippen molar-refractivity contribution in [3.63, 3.8) is 0 Å². The van der Waals surface area contributed by atoms with E-state index in [1.807, 2.05) is 30.4 Å². The number of halogens is 4. The second-order valence-corrected chi connectivity index (χ2v) is 17.2. The highest BCUT2D eigenvalue weighted by Gasteiger charge is 2.62. The Morgan fingerprint density at radius 3 is 2.32 bits per heavy atom. The number of likely N-dealkylation sites (tertiary alicyclic amines) is 1. The summed E-state index contributed by atoms with van der Waals surface area (Å²) in [7, 11) is -4.28. The van der Waals surface area contributed by atoms with Crippen molar-refractivity contribution < 1.29 is 45.4 Å². The number of rotatable bonds is 14. The first-order valence-electron chi connectivity index (χ1n) is 17.4. The molecule has 1 aliphatic heterocycles. The van der Waals surface area contributed by atoms with E-state index in [4.69, 9.17) is 25.8 Å². The first-order valence-corrected chi connectivity index (χ1v) is 19.3. The summed E-state index contributed by atoms with van der Waals surface area (Å²) in [6.45, 7) is 10.6. The van der Waals surface area contributed by atoms with Crippen LogP contribution in [-0.2, 0) is 14.8 Å². The number of carbonyl (C=O) groups excluding carboxylic acids is 2. The number of ether oxygens (including phenoxy) is 3. The van der Waals surface area contributed by atoms with E-state index >= 15 is 0 Å². The van der Waals surface area contributed by atoms with Crippen LogP contribution in [0.5, 0.6) is 11.6 Å². The molecule has 12 nitrogen and oxygen atoms in total. The third-order valence-corrected chi connectivity index (χ3v) is 11.0. The summed E-state index contributed by atoms with van der Waals surface area (Å²) in [6, 6.07) is 9.76. The lowest BCUT2D eigenvalue weighted by molar-refractivity contribution is -0.190. The molecule has 290 valence electrons. The van der Waals surface area contributed by atoms with Gasteiger partial charge in [0.1, 0.15) is 16.5 Å². The first kappa shape index (κ1) is 40.1. The maximum Gasteiger partial charge on any atom is 0.410 e. The predicted molar refractivity (Wildman–Crippen MR) is 190 cm³/mol. The van der Waals surface area contributed by atoms with Crippen LogP contribution in [-0.4, -0.2) is 77.2 Å². The molecule has 0 bridgehead atoms.